The zero-order valence-electron chi connectivity index (χ0n) is 10.6. The van der Waals surface area contributed by atoms with Crippen molar-refractivity contribution in [3.63, 3.8) is 0 Å². The summed E-state index contributed by atoms with van der Waals surface area (Å²) < 4.78 is 0. The van der Waals surface area contributed by atoms with Gasteiger partial charge in [-0.25, -0.2) is 4.79 Å². The van der Waals surface area contributed by atoms with E-state index >= 15 is 0 Å². The van der Waals surface area contributed by atoms with Gasteiger partial charge in [-0.15, -0.1) is 6.42 Å². The summed E-state index contributed by atoms with van der Waals surface area (Å²) in [4.78, 5) is 23.4. The van der Waals surface area contributed by atoms with Crippen LogP contribution in [-0.4, -0.2) is 41.1 Å². The van der Waals surface area contributed by atoms with Crippen molar-refractivity contribution in [3.05, 3.63) is 0 Å². The van der Waals surface area contributed by atoms with E-state index in [1.165, 1.54) is 0 Å². The van der Waals surface area contributed by atoms with Crippen LogP contribution in [0.3, 0.4) is 0 Å². The summed E-state index contributed by atoms with van der Waals surface area (Å²) in [7, 11) is 0. The van der Waals surface area contributed by atoms with Gasteiger partial charge in [-0.1, -0.05) is 26.2 Å². The number of amides is 2. The fourth-order valence-electron chi connectivity index (χ4n) is 1.25. The molecular weight excluding hydrogens is 220 g/mol. The van der Waals surface area contributed by atoms with Gasteiger partial charge in [0.1, 0.15) is 6.54 Å². The number of nitrogens with zero attached hydrogens (tertiary/aromatic N) is 1. The second-order valence-electron chi connectivity index (χ2n) is 4.08. The summed E-state index contributed by atoms with van der Waals surface area (Å²) in [6, 6.07) is -0.445. The lowest BCUT2D eigenvalue weighted by Gasteiger charge is -2.24. The van der Waals surface area contributed by atoms with Crippen molar-refractivity contribution in [2.75, 3.05) is 13.1 Å². The molecule has 2 unspecified atom stereocenters. The molecule has 0 fully saturated rings. The van der Waals surface area contributed by atoms with Crippen LogP contribution in [0.25, 0.3) is 0 Å². The van der Waals surface area contributed by atoms with Crippen LogP contribution in [0.5, 0.6) is 0 Å². The molecule has 0 aliphatic rings. The van der Waals surface area contributed by atoms with Crippen LogP contribution in [0.1, 0.15) is 27.2 Å². The topological polar surface area (TPSA) is 69.6 Å². The maximum Gasteiger partial charge on any atom is 0.323 e. The van der Waals surface area contributed by atoms with Gasteiger partial charge in [0.15, 0.2) is 0 Å². The maximum absolute atomic E-state index is 11.8. The SMILES string of the molecule is C#CCN(CC(=O)O)C(=O)NC(C)C(C)CC. The van der Waals surface area contributed by atoms with Crippen LogP contribution in [0.15, 0.2) is 0 Å². The minimum atomic E-state index is -1.08. The molecule has 0 spiro atoms. The first kappa shape index (κ1) is 15.3. The molecule has 0 aromatic rings. The average molecular weight is 240 g/mol. The van der Waals surface area contributed by atoms with E-state index in [1.807, 2.05) is 20.8 Å². The predicted molar refractivity (Wildman–Crippen MR) is 65.5 cm³/mol. The number of hydrogen-bond acceptors (Lipinski definition) is 2. The molecule has 5 heteroatoms. The summed E-state index contributed by atoms with van der Waals surface area (Å²) in [6.45, 7) is 5.55. The van der Waals surface area contributed by atoms with Crippen molar-refractivity contribution in [1.82, 2.24) is 10.2 Å². The lowest BCUT2D eigenvalue weighted by atomic mass is 10.0. The first-order valence-corrected chi connectivity index (χ1v) is 5.63. The fourth-order valence-corrected chi connectivity index (χ4v) is 1.25. The Morgan fingerprint density at radius 2 is 2.06 bits per heavy atom. The Morgan fingerprint density at radius 3 is 2.47 bits per heavy atom. The van der Waals surface area contributed by atoms with Crippen molar-refractivity contribution >= 4 is 12.0 Å². The van der Waals surface area contributed by atoms with Crippen molar-refractivity contribution in [1.29, 1.82) is 0 Å². The highest BCUT2D eigenvalue weighted by atomic mass is 16.4. The number of nitrogens with one attached hydrogen (secondary N) is 1. The standard InChI is InChI=1S/C12H20N2O3/c1-5-7-14(8-11(15)16)12(17)13-10(4)9(3)6-2/h1,9-10H,6-8H2,2-4H3,(H,13,17)(H,15,16). The highest BCUT2D eigenvalue weighted by Gasteiger charge is 2.19. The summed E-state index contributed by atoms with van der Waals surface area (Å²) >= 11 is 0. The molecule has 0 bridgehead atoms. The average Bonchev–Trinajstić information content (AvgIpc) is 2.26. The first-order valence-electron chi connectivity index (χ1n) is 5.63. The van der Waals surface area contributed by atoms with Crippen LogP contribution in [-0.2, 0) is 4.79 Å². The van der Waals surface area contributed by atoms with Crippen LogP contribution in [0.4, 0.5) is 4.79 Å². The van der Waals surface area contributed by atoms with Crippen LogP contribution in [0.2, 0.25) is 0 Å². The first-order chi connectivity index (χ1) is 7.92. The smallest absolute Gasteiger partial charge is 0.323 e. The Hall–Kier alpha value is -1.70. The molecule has 0 radical (unpaired) electrons. The van der Waals surface area contributed by atoms with Gasteiger partial charge < -0.3 is 15.3 Å². The minimum absolute atomic E-state index is 0.00857. The number of urea groups is 1. The minimum Gasteiger partial charge on any atom is -0.480 e. The maximum atomic E-state index is 11.8. The number of terminal acetylenes is 1. The molecule has 17 heavy (non-hydrogen) atoms. The molecule has 2 amide bonds. The van der Waals surface area contributed by atoms with E-state index in [9.17, 15) is 9.59 Å². The van der Waals surface area contributed by atoms with Gasteiger partial charge in [-0.2, -0.15) is 0 Å². The van der Waals surface area contributed by atoms with Gasteiger partial charge >= 0.3 is 12.0 Å². The molecular formula is C12H20N2O3. The highest BCUT2D eigenvalue weighted by Crippen LogP contribution is 2.07. The second kappa shape index (κ2) is 7.55. The lowest BCUT2D eigenvalue weighted by Crippen LogP contribution is -2.47. The van der Waals surface area contributed by atoms with E-state index in [0.29, 0.717) is 5.92 Å². The molecule has 2 atom stereocenters. The fraction of sp³-hybridized carbons (Fsp3) is 0.667. The second-order valence-corrected chi connectivity index (χ2v) is 4.08. The Morgan fingerprint density at radius 1 is 1.47 bits per heavy atom. The van der Waals surface area contributed by atoms with Gasteiger partial charge in [-0.3, -0.25) is 4.79 Å². The van der Waals surface area contributed by atoms with Crippen molar-refractivity contribution in [2.45, 2.75) is 33.2 Å². The quantitative estimate of drug-likeness (QED) is 0.684. The molecule has 0 aromatic heterocycles. The van der Waals surface area contributed by atoms with Gasteiger partial charge in [0.05, 0.1) is 6.54 Å². The van der Waals surface area contributed by atoms with Crippen molar-refractivity contribution < 1.29 is 14.7 Å². The molecule has 0 saturated carbocycles. The molecule has 0 heterocycles. The molecule has 0 aliphatic carbocycles. The van der Waals surface area contributed by atoms with Gasteiger partial charge in [0.25, 0.3) is 0 Å². The zero-order valence-corrected chi connectivity index (χ0v) is 10.6. The van der Waals surface area contributed by atoms with Gasteiger partial charge in [0, 0.05) is 6.04 Å². The number of carbonyl (C=O) groups is 2. The number of hydrogen-bond donors (Lipinski definition) is 2. The number of carboxylic acids is 1. The summed E-state index contributed by atoms with van der Waals surface area (Å²) in [6.07, 6.45) is 6.04. The third-order valence-electron chi connectivity index (χ3n) is 2.74. The number of carboxylic acid groups (broad SMARTS) is 1. The van der Waals surface area contributed by atoms with E-state index in [4.69, 9.17) is 11.5 Å². The molecule has 96 valence electrons. The lowest BCUT2D eigenvalue weighted by molar-refractivity contribution is -0.137. The molecule has 5 nitrogen and oxygen atoms in total. The van der Waals surface area contributed by atoms with Crippen LogP contribution >= 0.6 is 0 Å². The molecule has 0 rings (SSSR count). The Bertz CT molecular complexity index is 309. The van der Waals surface area contributed by atoms with E-state index in [2.05, 4.69) is 11.2 Å². The normalized spacial score (nSPS) is 13.3. The molecule has 2 N–H and O–H groups in total. The van der Waals surface area contributed by atoms with Gasteiger partial charge in [-0.05, 0) is 12.8 Å². The third-order valence-corrected chi connectivity index (χ3v) is 2.74. The Balaban J connectivity index is 4.42. The Kier molecular flexibility index (Phi) is 6.80. The van der Waals surface area contributed by atoms with E-state index < -0.39 is 12.0 Å². The number of carbonyl (C=O) groups excluding carboxylic acids is 1. The predicted octanol–water partition coefficient (Wildman–Crippen LogP) is 1.15. The summed E-state index contributed by atoms with van der Waals surface area (Å²) in [5.41, 5.74) is 0. The van der Waals surface area contributed by atoms with Gasteiger partial charge in [0.2, 0.25) is 0 Å². The highest BCUT2D eigenvalue weighted by molar-refractivity contribution is 5.80. The monoisotopic (exact) mass is 240 g/mol. The number of rotatable bonds is 6. The third kappa shape index (κ3) is 5.81. The summed E-state index contributed by atoms with van der Waals surface area (Å²) in [5, 5.41) is 11.4. The van der Waals surface area contributed by atoms with E-state index in [0.717, 1.165) is 11.3 Å². The van der Waals surface area contributed by atoms with Crippen molar-refractivity contribution in [3.8, 4) is 12.3 Å². The van der Waals surface area contributed by atoms with Crippen molar-refractivity contribution in [2.24, 2.45) is 5.92 Å². The summed E-state index contributed by atoms with van der Waals surface area (Å²) in [5.74, 6) is 1.53. The van der Waals surface area contributed by atoms with Crippen LogP contribution in [0, 0.1) is 18.3 Å². The van der Waals surface area contributed by atoms with E-state index in [1.54, 1.807) is 0 Å². The van der Waals surface area contributed by atoms with E-state index in [-0.39, 0.29) is 19.1 Å². The largest absolute Gasteiger partial charge is 0.480 e. The number of aliphatic carboxylic acids is 1. The van der Waals surface area contributed by atoms with Crippen LogP contribution < -0.4 is 5.32 Å². The molecule has 0 aromatic carbocycles. The molecule has 0 saturated heterocycles. The Labute approximate surface area is 102 Å². The molecule has 0 aliphatic heterocycles. The zero-order chi connectivity index (χ0) is 13.4.